The largest absolute Gasteiger partial charge is 0.480 e. The Morgan fingerprint density at radius 1 is 1.47 bits per heavy atom. The minimum atomic E-state index is -1.02. The number of H-pyrrole nitrogens is 1. The molecule has 30 heavy (non-hydrogen) atoms. The fraction of sp³-hybridized carbons (Fsp3) is 0.474. The first-order chi connectivity index (χ1) is 14.3. The summed E-state index contributed by atoms with van der Waals surface area (Å²) in [7, 11) is 0. The summed E-state index contributed by atoms with van der Waals surface area (Å²) in [6.07, 6.45) is 2.64. The van der Waals surface area contributed by atoms with E-state index < -0.39 is 12.0 Å². The number of hydrogen-bond acceptors (Lipinski definition) is 8. The third-order valence-electron chi connectivity index (χ3n) is 4.80. The summed E-state index contributed by atoms with van der Waals surface area (Å²) in [5.41, 5.74) is 6.34. The smallest absolute Gasteiger partial charge is 0.326 e. The number of hydrogen-bond donors (Lipinski definition) is 5. The van der Waals surface area contributed by atoms with Crippen molar-refractivity contribution in [1.82, 2.24) is 15.3 Å². The van der Waals surface area contributed by atoms with Crippen LogP contribution in [-0.2, 0) is 11.2 Å². The van der Waals surface area contributed by atoms with E-state index in [9.17, 15) is 19.5 Å². The first-order valence-corrected chi connectivity index (χ1v) is 11.4. The normalized spacial score (nSPS) is 16.4. The number of carboxylic acids is 1. The molecule has 0 saturated heterocycles. The fourth-order valence-corrected chi connectivity index (χ4v) is 5.45. The highest BCUT2D eigenvalue weighted by Gasteiger charge is 2.25. The Morgan fingerprint density at radius 3 is 2.93 bits per heavy atom. The first kappa shape index (κ1) is 22.2. The highest BCUT2D eigenvalue weighted by atomic mass is 32.2. The standard InChI is InChI=1S/C19H25N5O4S2/c1-3-4-11(18(27)28)22-16(25)13-7-9(2)12(30-13)6-5-10-8-21-15-14(29-10)17(26)24-19(20)23-15/h7,10-11H,3-6,8H2,1-2H3,(H,22,25)(H,27,28)(H4,20,21,23,24,26)/t10-,11+/m1/s1. The molecule has 0 fully saturated rings. The number of nitrogen functional groups attached to an aromatic ring is 1. The molecule has 6 N–H and O–H groups in total. The van der Waals surface area contributed by atoms with Gasteiger partial charge in [-0.25, -0.2) is 4.79 Å². The maximum Gasteiger partial charge on any atom is 0.326 e. The van der Waals surface area contributed by atoms with Crippen molar-refractivity contribution < 1.29 is 14.7 Å². The zero-order valence-electron chi connectivity index (χ0n) is 16.8. The van der Waals surface area contributed by atoms with E-state index in [-0.39, 0.29) is 22.7 Å². The van der Waals surface area contributed by atoms with Gasteiger partial charge in [0.1, 0.15) is 16.8 Å². The lowest BCUT2D eigenvalue weighted by atomic mass is 10.1. The maximum absolute atomic E-state index is 12.5. The Labute approximate surface area is 181 Å². The minimum absolute atomic E-state index is 0.0920. The summed E-state index contributed by atoms with van der Waals surface area (Å²) < 4.78 is 0. The summed E-state index contributed by atoms with van der Waals surface area (Å²) in [5, 5.41) is 15.2. The Bertz CT molecular complexity index is 1000. The fourth-order valence-electron chi connectivity index (χ4n) is 3.24. The number of thiophene rings is 1. The van der Waals surface area contributed by atoms with E-state index in [1.165, 1.54) is 23.1 Å². The molecule has 11 heteroatoms. The Balaban J connectivity index is 1.62. The second kappa shape index (κ2) is 9.52. The molecule has 162 valence electrons. The summed E-state index contributed by atoms with van der Waals surface area (Å²) in [4.78, 5) is 44.6. The van der Waals surface area contributed by atoms with Gasteiger partial charge in [-0.1, -0.05) is 13.3 Å². The molecule has 2 aromatic rings. The van der Waals surface area contributed by atoms with Crippen molar-refractivity contribution in [3.05, 3.63) is 31.7 Å². The molecule has 1 aliphatic heterocycles. The molecule has 2 atom stereocenters. The van der Waals surface area contributed by atoms with Crippen LogP contribution in [0.25, 0.3) is 0 Å². The molecule has 3 rings (SSSR count). The summed E-state index contributed by atoms with van der Waals surface area (Å²) in [5.74, 6) is -0.765. The highest BCUT2D eigenvalue weighted by Crippen LogP contribution is 2.34. The third kappa shape index (κ3) is 5.14. The molecule has 2 aromatic heterocycles. The molecule has 9 nitrogen and oxygen atoms in total. The summed E-state index contributed by atoms with van der Waals surface area (Å²) in [6, 6.07) is 0.929. The number of fused-ring (bicyclic) bond motifs is 1. The van der Waals surface area contributed by atoms with Gasteiger partial charge < -0.3 is 21.5 Å². The van der Waals surface area contributed by atoms with Crippen LogP contribution in [-0.4, -0.2) is 44.8 Å². The molecule has 0 bridgehead atoms. The van der Waals surface area contributed by atoms with Crippen LogP contribution in [0.2, 0.25) is 0 Å². The topological polar surface area (TPSA) is 150 Å². The molecular weight excluding hydrogens is 426 g/mol. The molecule has 0 saturated carbocycles. The van der Waals surface area contributed by atoms with E-state index in [4.69, 9.17) is 5.73 Å². The quantitative estimate of drug-likeness (QED) is 0.410. The zero-order valence-corrected chi connectivity index (χ0v) is 18.4. The van der Waals surface area contributed by atoms with Crippen LogP contribution in [0.5, 0.6) is 0 Å². The van der Waals surface area contributed by atoms with Crippen LogP contribution in [0.4, 0.5) is 11.8 Å². The van der Waals surface area contributed by atoms with Crippen LogP contribution >= 0.6 is 23.1 Å². The predicted octanol–water partition coefficient (Wildman–Crippen LogP) is 2.22. The van der Waals surface area contributed by atoms with Gasteiger partial charge >= 0.3 is 5.97 Å². The average Bonchev–Trinajstić information content (AvgIpc) is 3.06. The monoisotopic (exact) mass is 451 g/mol. The van der Waals surface area contributed by atoms with Gasteiger partial charge in [0.25, 0.3) is 11.5 Å². The number of amides is 1. The second-order valence-corrected chi connectivity index (χ2v) is 9.61. The number of carbonyl (C=O) groups excluding carboxylic acids is 1. The van der Waals surface area contributed by atoms with Gasteiger partial charge in [-0.05, 0) is 37.8 Å². The second-order valence-electron chi connectivity index (χ2n) is 7.16. The number of nitrogens with two attached hydrogens (primary N) is 1. The summed E-state index contributed by atoms with van der Waals surface area (Å²) in [6.45, 7) is 4.50. The lowest BCUT2D eigenvalue weighted by Crippen LogP contribution is -2.40. The number of nitrogens with zero attached hydrogens (tertiary/aromatic N) is 1. The van der Waals surface area contributed by atoms with Crippen molar-refractivity contribution in [3.8, 4) is 0 Å². The van der Waals surface area contributed by atoms with Crippen molar-refractivity contribution >= 4 is 46.7 Å². The van der Waals surface area contributed by atoms with Crippen molar-refractivity contribution in [2.24, 2.45) is 0 Å². The van der Waals surface area contributed by atoms with E-state index in [1.807, 2.05) is 13.8 Å². The van der Waals surface area contributed by atoms with E-state index in [1.54, 1.807) is 6.07 Å². The summed E-state index contributed by atoms with van der Waals surface area (Å²) >= 11 is 2.87. The van der Waals surface area contributed by atoms with Gasteiger partial charge in [-0.15, -0.1) is 23.1 Å². The van der Waals surface area contributed by atoms with Gasteiger partial charge in [0.2, 0.25) is 5.95 Å². The average molecular weight is 452 g/mol. The van der Waals surface area contributed by atoms with Gasteiger partial charge in [0.05, 0.1) is 4.88 Å². The lowest BCUT2D eigenvalue weighted by Gasteiger charge is -2.24. The molecule has 3 heterocycles. The van der Waals surface area contributed by atoms with Crippen molar-refractivity contribution in [3.63, 3.8) is 0 Å². The van der Waals surface area contributed by atoms with E-state index in [2.05, 4.69) is 20.6 Å². The number of rotatable bonds is 8. The first-order valence-electron chi connectivity index (χ1n) is 9.71. The zero-order chi connectivity index (χ0) is 21.8. The number of aryl methyl sites for hydroxylation is 2. The number of aliphatic carboxylic acids is 1. The Morgan fingerprint density at radius 2 is 2.23 bits per heavy atom. The van der Waals surface area contributed by atoms with Crippen LogP contribution in [0.1, 0.15) is 46.3 Å². The minimum Gasteiger partial charge on any atom is -0.480 e. The van der Waals surface area contributed by atoms with E-state index >= 15 is 0 Å². The molecule has 0 aliphatic carbocycles. The SMILES string of the molecule is CCC[C@H](NC(=O)c1cc(C)c(CC[C@@H]2CNc3nc(N)[nH]c(=O)c3S2)s1)C(=O)O. The van der Waals surface area contributed by atoms with Gasteiger partial charge in [-0.3, -0.25) is 14.6 Å². The maximum atomic E-state index is 12.5. The number of aromatic nitrogens is 2. The number of thioether (sulfide) groups is 1. The lowest BCUT2D eigenvalue weighted by molar-refractivity contribution is -0.139. The van der Waals surface area contributed by atoms with Crippen molar-refractivity contribution in [2.75, 3.05) is 17.6 Å². The van der Waals surface area contributed by atoms with Crippen LogP contribution < -0.4 is 21.9 Å². The highest BCUT2D eigenvalue weighted by molar-refractivity contribution is 8.00. The molecule has 1 aliphatic rings. The van der Waals surface area contributed by atoms with Crippen molar-refractivity contribution in [1.29, 1.82) is 0 Å². The Kier molecular flexibility index (Phi) is 7.03. The third-order valence-corrected chi connectivity index (χ3v) is 7.44. The van der Waals surface area contributed by atoms with Crippen molar-refractivity contribution in [2.45, 2.75) is 55.7 Å². The molecule has 0 radical (unpaired) electrons. The number of aromatic amines is 1. The molecule has 0 unspecified atom stereocenters. The van der Waals surface area contributed by atoms with Crippen LogP contribution in [0.3, 0.4) is 0 Å². The number of carboxylic acid groups (broad SMARTS) is 1. The molecular formula is C19H25N5O4S2. The van der Waals surface area contributed by atoms with Crippen LogP contribution in [0.15, 0.2) is 15.8 Å². The molecule has 1 amide bonds. The van der Waals surface area contributed by atoms with E-state index in [0.717, 1.165) is 23.3 Å². The van der Waals surface area contributed by atoms with Gasteiger partial charge in [-0.2, -0.15) is 4.98 Å². The number of carbonyl (C=O) groups is 2. The van der Waals surface area contributed by atoms with Gasteiger partial charge in [0, 0.05) is 16.7 Å². The number of anilines is 2. The molecule has 0 spiro atoms. The number of nitrogens with one attached hydrogen (secondary N) is 3. The van der Waals surface area contributed by atoms with E-state index in [0.29, 0.717) is 35.0 Å². The predicted molar refractivity (Wildman–Crippen MR) is 119 cm³/mol. The van der Waals surface area contributed by atoms with Crippen LogP contribution in [0, 0.1) is 6.92 Å². The molecule has 0 aromatic carbocycles. The Hall–Kier alpha value is -2.53. The van der Waals surface area contributed by atoms with Gasteiger partial charge in [0.15, 0.2) is 0 Å².